The first kappa shape index (κ1) is 16.1. The Labute approximate surface area is 147 Å². The molecule has 1 amide bonds. The van der Waals surface area contributed by atoms with Crippen LogP contribution in [0, 0.1) is 0 Å². The van der Waals surface area contributed by atoms with Crippen molar-refractivity contribution < 1.29 is 9.53 Å². The summed E-state index contributed by atoms with van der Waals surface area (Å²) in [6, 6.07) is 5.68. The lowest BCUT2D eigenvalue weighted by molar-refractivity contribution is -0.135. The van der Waals surface area contributed by atoms with E-state index in [9.17, 15) is 4.79 Å². The first-order valence-electron chi connectivity index (χ1n) is 8.77. The fraction of sp³-hybridized carbons (Fsp3) is 0.500. The number of fused-ring (bicyclic) bond motifs is 1. The van der Waals surface area contributed by atoms with Crippen molar-refractivity contribution in [2.45, 2.75) is 32.0 Å². The van der Waals surface area contributed by atoms with Gasteiger partial charge in [-0.15, -0.1) is 0 Å². The summed E-state index contributed by atoms with van der Waals surface area (Å²) < 4.78 is 7.27. The van der Waals surface area contributed by atoms with Gasteiger partial charge in [0.05, 0.1) is 12.8 Å². The quantitative estimate of drug-likeness (QED) is 0.843. The van der Waals surface area contributed by atoms with Gasteiger partial charge < -0.3 is 9.64 Å². The van der Waals surface area contributed by atoms with Gasteiger partial charge in [-0.3, -0.25) is 14.4 Å². The number of amides is 1. The lowest BCUT2D eigenvalue weighted by atomic mass is 10.1. The van der Waals surface area contributed by atoms with Gasteiger partial charge >= 0.3 is 0 Å². The molecule has 0 saturated carbocycles. The molecule has 1 unspecified atom stereocenters. The molecule has 1 saturated heterocycles. The second-order valence-electron chi connectivity index (χ2n) is 6.66. The van der Waals surface area contributed by atoms with Crippen molar-refractivity contribution in [3.63, 3.8) is 0 Å². The summed E-state index contributed by atoms with van der Waals surface area (Å²) in [5.74, 6) is 0.828. The molecule has 0 aliphatic carbocycles. The Balaban J connectivity index is 1.56. The number of rotatable bonds is 4. The molecule has 0 spiro atoms. The molecule has 1 fully saturated rings. The zero-order chi connectivity index (χ0) is 17.2. The standard InChI is InChI=1S/C18H23N5O2/c1-25-17-14(5-4-7-19-17)11-21-12-15-6-8-20-23(15)16(13-21)18(24)22-9-2-3-10-22/h4-8,16H,2-3,9-13H2,1H3. The van der Waals surface area contributed by atoms with Crippen molar-refractivity contribution in [3.8, 4) is 5.88 Å². The molecule has 132 valence electrons. The number of carbonyl (C=O) groups is 1. The number of carbonyl (C=O) groups excluding carboxylic acids is 1. The zero-order valence-electron chi connectivity index (χ0n) is 14.5. The minimum absolute atomic E-state index is 0.185. The average Bonchev–Trinajstić information content (AvgIpc) is 3.32. The highest BCUT2D eigenvalue weighted by Crippen LogP contribution is 2.26. The predicted octanol–water partition coefficient (Wildman–Crippen LogP) is 1.47. The molecule has 2 aliphatic rings. The largest absolute Gasteiger partial charge is 0.481 e. The van der Waals surface area contributed by atoms with E-state index < -0.39 is 0 Å². The molecular weight excluding hydrogens is 318 g/mol. The Morgan fingerprint density at radius 1 is 1.28 bits per heavy atom. The minimum atomic E-state index is -0.250. The van der Waals surface area contributed by atoms with Crippen LogP contribution in [0.15, 0.2) is 30.6 Å². The maximum Gasteiger partial charge on any atom is 0.248 e. The van der Waals surface area contributed by atoms with E-state index in [0.717, 1.165) is 43.7 Å². The first-order chi connectivity index (χ1) is 12.3. The molecule has 1 atom stereocenters. The summed E-state index contributed by atoms with van der Waals surface area (Å²) in [6.45, 7) is 3.85. The molecular formula is C18H23N5O2. The maximum absolute atomic E-state index is 13.0. The Bertz CT molecular complexity index is 753. The average molecular weight is 341 g/mol. The van der Waals surface area contributed by atoms with E-state index in [4.69, 9.17) is 4.74 Å². The van der Waals surface area contributed by atoms with E-state index in [1.165, 1.54) is 0 Å². The fourth-order valence-corrected chi connectivity index (χ4v) is 3.78. The van der Waals surface area contributed by atoms with Crippen molar-refractivity contribution >= 4 is 5.91 Å². The molecule has 2 aromatic heterocycles. The van der Waals surface area contributed by atoms with Crippen LogP contribution in [0.1, 0.15) is 30.1 Å². The van der Waals surface area contributed by atoms with Crippen molar-refractivity contribution in [2.75, 3.05) is 26.7 Å². The Hall–Kier alpha value is -2.41. The number of likely N-dealkylation sites (tertiary alicyclic amines) is 1. The highest BCUT2D eigenvalue weighted by Gasteiger charge is 2.34. The Morgan fingerprint density at radius 2 is 2.12 bits per heavy atom. The van der Waals surface area contributed by atoms with E-state index in [0.29, 0.717) is 19.0 Å². The van der Waals surface area contributed by atoms with Crippen LogP contribution in [-0.4, -0.2) is 57.2 Å². The van der Waals surface area contributed by atoms with E-state index in [-0.39, 0.29) is 11.9 Å². The van der Waals surface area contributed by atoms with Gasteiger partial charge in [-0.1, -0.05) is 6.07 Å². The molecule has 0 radical (unpaired) electrons. The third kappa shape index (κ3) is 3.11. The van der Waals surface area contributed by atoms with Gasteiger partial charge in [0, 0.05) is 50.7 Å². The molecule has 0 bridgehead atoms. The maximum atomic E-state index is 13.0. The van der Waals surface area contributed by atoms with Gasteiger partial charge in [-0.25, -0.2) is 4.98 Å². The number of nitrogens with zero attached hydrogens (tertiary/aromatic N) is 5. The highest BCUT2D eigenvalue weighted by atomic mass is 16.5. The van der Waals surface area contributed by atoms with Gasteiger partial charge in [0.2, 0.25) is 11.8 Å². The van der Waals surface area contributed by atoms with Gasteiger partial charge in [0.1, 0.15) is 6.04 Å². The topological polar surface area (TPSA) is 63.5 Å². The van der Waals surface area contributed by atoms with Gasteiger partial charge in [0.25, 0.3) is 0 Å². The van der Waals surface area contributed by atoms with Gasteiger partial charge in [-0.05, 0) is 25.0 Å². The van der Waals surface area contributed by atoms with Crippen LogP contribution in [0.3, 0.4) is 0 Å². The summed E-state index contributed by atoms with van der Waals surface area (Å²) in [5.41, 5.74) is 2.11. The molecule has 2 aliphatic heterocycles. The van der Waals surface area contributed by atoms with E-state index in [1.54, 1.807) is 19.5 Å². The van der Waals surface area contributed by atoms with E-state index >= 15 is 0 Å². The first-order valence-corrected chi connectivity index (χ1v) is 8.77. The molecule has 4 heterocycles. The summed E-state index contributed by atoms with van der Waals surface area (Å²) in [5, 5.41) is 4.41. The number of methoxy groups -OCH3 is 1. The molecule has 7 heteroatoms. The lowest BCUT2D eigenvalue weighted by Crippen LogP contribution is -2.45. The summed E-state index contributed by atoms with van der Waals surface area (Å²) in [4.78, 5) is 21.5. The number of hydrogen-bond donors (Lipinski definition) is 0. The molecule has 25 heavy (non-hydrogen) atoms. The van der Waals surface area contributed by atoms with E-state index in [2.05, 4.69) is 15.0 Å². The molecule has 0 N–H and O–H groups in total. The summed E-state index contributed by atoms with van der Waals surface area (Å²) in [7, 11) is 1.64. The van der Waals surface area contributed by atoms with Gasteiger partial charge in [0.15, 0.2) is 0 Å². The third-order valence-corrected chi connectivity index (χ3v) is 5.00. The molecule has 4 rings (SSSR count). The monoisotopic (exact) mass is 341 g/mol. The van der Waals surface area contributed by atoms with Crippen LogP contribution in [0.2, 0.25) is 0 Å². The van der Waals surface area contributed by atoms with Crippen molar-refractivity contribution in [1.82, 2.24) is 24.6 Å². The van der Waals surface area contributed by atoms with Crippen molar-refractivity contribution in [1.29, 1.82) is 0 Å². The van der Waals surface area contributed by atoms with Crippen LogP contribution in [0.4, 0.5) is 0 Å². The second-order valence-corrected chi connectivity index (χ2v) is 6.66. The molecule has 0 aromatic carbocycles. The van der Waals surface area contributed by atoms with Crippen LogP contribution >= 0.6 is 0 Å². The predicted molar refractivity (Wildman–Crippen MR) is 92.0 cm³/mol. The number of hydrogen-bond acceptors (Lipinski definition) is 5. The Kier molecular flexibility index (Phi) is 4.40. The van der Waals surface area contributed by atoms with Crippen LogP contribution in [-0.2, 0) is 17.9 Å². The van der Waals surface area contributed by atoms with Crippen LogP contribution in [0.25, 0.3) is 0 Å². The van der Waals surface area contributed by atoms with Crippen molar-refractivity contribution in [3.05, 3.63) is 41.9 Å². The van der Waals surface area contributed by atoms with Gasteiger partial charge in [-0.2, -0.15) is 5.10 Å². The summed E-state index contributed by atoms with van der Waals surface area (Å²) >= 11 is 0. The van der Waals surface area contributed by atoms with E-state index in [1.807, 2.05) is 27.8 Å². The number of ether oxygens (including phenoxy) is 1. The fourth-order valence-electron chi connectivity index (χ4n) is 3.78. The normalized spacial score (nSPS) is 20.5. The highest BCUT2D eigenvalue weighted by molar-refractivity contribution is 5.81. The third-order valence-electron chi connectivity index (χ3n) is 5.00. The van der Waals surface area contributed by atoms with Crippen LogP contribution in [0.5, 0.6) is 5.88 Å². The van der Waals surface area contributed by atoms with Crippen molar-refractivity contribution in [2.24, 2.45) is 0 Å². The molecule has 2 aromatic rings. The Morgan fingerprint density at radius 3 is 2.92 bits per heavy atom. The van der Waals surface area contributed by atoms with Crippen LogP contribution < -0.4 is 4.74 Å². The second kappa shape index (κ2) is 6.84. The lowest BCUT2D eigenvalue weighted by Gasteiger charge is -2.35. The SMILES string of the molecule is COc1ncccc1CN1Cc2ccnn2C(C(=O)N2CCCC2)C1. The smallest absolute Gasteiger partial charge is 0.248 e. The molecule has 7 nitrogen and oxygen atoms in total. The number of aromatic nitrogens is 3. The number of pyridine rings is 1. The minimum Gasteiger partial charge on any atom is -0.481 e. The summed E-state index contributed by atoms with van der Waals surface area (Å²) in [6.07, 6.45) is 5.71. The zero-order valence-corrected chi connectivity index (χ0v) is 14.5.